The third kappa shape index (κ3) is 8.63. The fraction of sp³-hybridized carbons (Fsp3) is 0.344. The number of carbonyl (C=O) groups excluding carboxylic acids is 4. The Kier molecular flexibility index (Phi) is 10.5. The Morgan fingerprint density at radius 3 is 2.50 bits per heavy atom. The van der Waals surface area contributed by atoms with Crippen molar-refractivity contribution < 1.29 is 32.3 Å². The van der Waals surface area contributed by atoms with E-state index < -0.39 is 35.6 Å². The van der Waals surface area contributed by atoms with Crippen molar-refractivity contribution in [2.75, 3.05) is 38.0 Å². The smallest absolute Gasteiger partial charge is 0.383 e. The summed E-state index contributed by atoms with van der Waals surface area (Å²) in [7, 11) is 0. The number of hydrogen-bond donors (Lipinski definition) is 4. The molecule has 4 N–H and O–H groups in total. The van der Waals surface area contributed by atoms with Gasteiger partial charge < -0.3 is 26.2 Å². The molecule has 0 radical (unpaired) electrons. The van der Waals surface area contributed by atoms with Gasteiger partial charge in [-0.3, -0.25) is 24.2 Å². The molecule has 0 saturated carbocycles. The zero-order valence-electron chi connectivity index (χ0n) is 26.0. The normalized spacial score (nSPS) is 17.3. The van der Waals surface area contributed by atoms with Crippen LogP contribution >= 0.6 is 0 Å². The number of benzene rings is 1. The number of aromatic nitrogens is 4. The number of aryl methyl sites for hydroxylation is 1. The molecule has 4 amide bonds. The lowest BCUT2D eigenvalue weighted by molar-refractivity contribution is -0.142. The van der Waals surface area contributed by atoms with Crippen molar-refractivity contribution in [3.05, 3.63) is 89.1 Å². The molecule has 0 saturated heterocycles. The Labute approximate surface area is 273 Å². The van der Waals surface area contributed by atoms with E-state index in [2.05, 4.69) is 36.3 Å². The molecule has 13 nitrogen and oxygen atoms in total. The molecule has 1 aliphatic heterocycles. The van der Waals surface area contributed by atoms with Crippen molar-refractivity contribution in [3.8, 4) is 0 Å². The maximum Gasteiger partial charge on any atom is 0.433 e. The molecule has 48 heavy (non-hydrogen) atoms. The number of hydrogen-bond acceptors (Lipinski definition) is 8. The lowest BCUT2D eigenvalue weighted by atomic mass is 10.0. The Morgan fingerprint density at radius 2 is 1.73 bits per heavy atom. The Morgan fingerprint density at radius 1 is 0.958 bits per heavy atom. The molecular weight excluding hydrogens is 631 g/mol. The first-order chi connectivity index (χ1) is 23.0. The van der Waals surface area contributed by atoms with Gasteiger partial charge >= 0.3 is 6.18 Å². The molecule has 5 rings (SSSR count). The highest BCUT2D eigenvalue weighted by atomic mass is 19.4. The summed E-state index contributed by atoms with van der Waals surface area (Å²) in [5.74, 6) is -2.06. The SMILES string of the molecule is Cc1cc(C(F)(F)F)n2nc(C(=O)N3CCCC(=O)NCCNc4ccnc(c4)C(=O)N[C@@H](Cc4ccccc4)C(=O)NCC3)cc2n1. The molecule has 3 aromatic heterocycles. The van der Waals surface area contributed by atoms with Gasteiger partial charge in [-0.15, -0.1) is 0 Å². The summed E-state index contributed by atoms with van der Waals surface area (Å²) in [4.78, 5) is 62.3. The number of pyridine rings is 1. The van der Waals surface area contributed by atoms with Gasteiger partial charge in [-0.2, -0.15) is 18.3 Å². The average Bonchev–Trinajstić information content (AvgIpc) is 3.48. The van der Waals surface area contributed by atoms with Crippen LogP contribution in [0.5, 0.6) is 0 Å². The van der Waals surface area contributed by atoms with Crippen LogP contribution in [0, 0.1) is 6.92 Å². The number of alkyl halides is 3. The molecule has 1 aliphatic rings. The number of nitrogens with one attached hydrogen (secondary N) is 4. The number of carbonyl (C=O) groups is 4. The van der Waals surface area contributed by atoms with E-state index in [1.54, 1.807) is 12.1 Å². The van der Waals surface area contributed by atoms with E-state index in [4.69, 9.17) is 0 Å². The third-order valence-electron chi connectivity index (χ3n) is 7.54. The summed E-state index contributed by atoms with van der Waals surface area (Å²) in [6.07, 6.45) is -2.81. The highest BCUT2D eigenvalue weighted by molar-refractivity contribution is 5.97. The molecule has 1 atom stereocenters. The minimum Gasteiger partial charge on any atom is -0.383 e. The summed E-state index contributed by atoms with van der Waals surface area (Å²) in [6, 6.07) is 13.3. The van der Waals surface area contributed by atoms with Gasteiger partial charge in [0.1, 0.15) is 17.4 Å². The monoisotopic (exact) mass is 665 g/mol. The fourth-order valence-electron chi connectivity index (χ4n) is 5.20. The van der Waals surface area contributed by atoms with E-state index in [1.165, 1.54) is 24.1 Å². The number of nitrogens with zero attached hydrogens (tertiary/aromatic N) is 5. The van der Waals surface area contributed by atoms with E-state index in [9.17, 15) is 32.3 Å². The number of amides is 4. The van der Waals surface area contributed by atoms with Gasteiger partial charge in [-0.05, 0) is 37.1 Å². The quantitative estimate of drug-likeness (QED) is 0.259. The van der Waals surface area contributed by atoms with Crippen molar-refractivity contribution in [1.82, 2.24) is 40.4 Å². The highest BCUT2D eigenvalue weighted by Gasteiger charge is 2.35. The minimum absolute atomic E-state index is 0.0501. The molecule has 0 unspecified atom stereocenters. The predicted octanol–water partition coefficient (Wildman–Crippen LogP) is 2.37. The van der Waals surface area contributed by atoms with Crippen LogP contribution in [0.3, 0.4) is 0 Å². The van der Waals surface area contributed by atoms with Crippen LogP contribution in [0.15, 0.2) is 60.8 Å². The molecule has 1 aromatic carbocycles. The van der Waals surface area contributed by atoms with Crippen molar-refractivity contribution in [2.24, 2.45) is 0 Å². The molecule has 0 aliphatic carbocycles. The Bertz CT molecular complexity index is 1800. The minimum atomic E-state index is -4.74. The number of halogens is 3. The Hall–Kier alpha value is -5.54. The molecule has 4 aromatic rings. The highest BCUT2D eigenvalue weighted by Crippen LogP contribution is 2.30. The summed E-state index contributed by atoms with van der Waals surface area (Å²) >= 11 is 0. The summed E-state index contributed by atoms with van der Waals surface area (Å²) in [6.45, 7) is 1.96. The van der Waals surface area contributed by atoms with E-state index in [-0.39, 0.29) is 74.1 Å². The van der Waals surface area contributed by atoms with Crippen molar-refractivity contribution in [3.63, 3.8) is 0 Å². The van der Waals surface area contributed by atoms with Crippen LogP contribution in [-0.2, 0) is 22.2 Å². The molecule has 4 heterocycles. The van der Waals surface area contributed by atoms with Crippen LogP contribution in [0.1, 0.15) is 50.8 Å². The fourth-order valence-corrected chi connectivity index (χ4v) is 5.20. The van der Waals surface area contributed by atoms with Gasteiger partial charge in [0.2, 0.25) is 11.8 Å². The average molecular weight is 666 g/mol. The van der Waals surface area contributed by atoms with Gasteiger partial charge in [0, 0.05) is 69.2 Å². The lowest BCUT2D eigenvalue weighted by Gasteiger charge is -2.23. The largest absolute Gasteiger partial charge is 0.433 e. The maximum atomic E-state index is 13.7. The maximum absolute atomic E-state index is 13.7. The van der Waals surface area contributed by atoms with Crippen molar-refractivity contribution in [1.29, 1.82) is 0 Å². The second-order valence-electron chi connectivity index (χ2n) is 11.2. The van der Waals surface area contributed by atoms with Gasteiger partial charge in [-0.25, -0.2) is 9.50 Å². The molecule has 0 spiro atoms. The first kappa shape index (κ1) is 33.8. The molecule has 252 valence electrons. The van der Waals surface area contributed by atoms with Crippen molar-refractivity contribution >= 4 is 35.0 Å². The molecule has 2 bridgehead atoms. The first-order valence-corrected chi connectivity index (χ1v) is 15.3. The van der Waals surface area contributed by atoms with Crippen LogP contribution < -0.4 is 21.3 Å². The summed E-state index contributed by atoms with van der Waals surface area (Å²) in [5, 5.41) is 15.3. The van der Waals surface area contributed by atoms with Gasteiger partial charge in [0.05, 0.1) is 0 Å². The van der Waals surface area contributed by atoms with E-state index in [0.29, 0.717) is 16.7 Å². The molecule has 16 heteroatoms. The zero-order chi connectivity index (χ0) is 34.3. The molecular formula is C32H34F3N9O4. The van der Waals surface area contributed by atoms with Gasteiger partial charge in [-0.1, -0.05) is 30.3 Å². The Balaban J connectivity index is 1.39. The lowest BCUT2D eigenvalue weighted by Crippen LogP contribution is -2.50. The predicted molar refractivity (Wildman–Crippen MR) is 168 cm³/mol. The number of anilines is 1. The van der Waals surface area contributed by atoms with E-state index >= 15 is 0 Å². The number of fused-ring (bicyclic) bond motifs is 3. The van der Waals surface area contributed by atoms with Crippen LogP contribution in [0.4, 0.5) is 18.9 Å². The zero-order valence-corrected chi connectivity index (χ0v) is 26.0. The van der Waals surface area contributed by atoms with Crippen LogP contribution in [-0.4, -0.2) is 86.9 Å². The van der Waals surface area contributed by atoms with Crippen LogP contribution in [0.2, 0.25) is 0 Å². The van der Waals surface area contributed by atoms with E-state index in [0.717, 1.165) is 11.6 Å². The molecule has 0 fully saturated rings. The summed E-state index contributed by atoms with van der Waals surface area (Å²) in [5.41, 5.74) is 0.0699. The van der Waals surface area contributed by atoms with Gasteiger partial charge in [0.25, 0.3) is 11.8 Å². The second kappa shape index (κ2) is 14.9. The second-order valence-corrected chi connectivity index (χ2v) is 11.2. The topological polar surface area (TPSA) is 163 Å². The van der Waals surface area contributed by atoms with Crippen molar-refractivity contribution in [2.45, 2.75) is 38.4 Å². The van der Waals surface area contributed by atoms with E-state index in [1.807, 2.05) is 30.3 Å². The number of rotatable bonds is 3. The standard InChI is InChI=1S/C32H34F3N9O4/c1-20-16-26(32(33,34)35)44-27(40-20)19-25(42-44)31(48)43-14-5-8-28(45)38-12-11-36-22-9-10-37-23(18-22)30(47)41-24(29(46)39-13-15-43)17-21-6-3-2-4-7-21/h2-4,6-7,9-10,16,18-19,24,36H,5,8,11-15,17H2,1H3,(H,38,45)(H,39,46)(H,41,47)/t24-/m0/s1. The van der Waals surface area contributed by atoms with Gasteiger partial charge in [0.15, 0.2) is 11.3 Å². The van der Waals surface area contributed by atoms with Crippen LogP contribution in [0.25, 0.3) is 5.65 Å². The first-order valence-electron chi connectivity index (χ1n) is 15.3. The summed E-state index contributed by atoms with van der Waals surface area (Å²) < 4.78 is 41.8. The third-order valence-corrected chi connectivity index (χ3v) is 7.54.